The summed E-state index contributed by atoms with van der Waals surface area (Å²) in [5.41, 5.74) is 0. The van der Waals surface area contributed by atoms with Crippen molar-refractivity contribution in [1.29, 1.82) is 0 Å². The molecule has 0 heterocycles. The Bertz CT molecular complexity index is 8.00. The van der Waals surface area contributed by atoms with Crippen LogP contribution in [0.2, 0.25) is 0 Å². The van der Waals surface area contributed by atoms with Crippen LogP contribution < -0.4 is 0 Å². The Hall–Kier alpha value is 1.69. The maximum atomic E-state index is 2.14. The summed E-state index contributed by atoms with van der Waals surface area (Å²) in [5.74, 6) is 0. The minimum absolute atomic E-state index is 0. The van der Waals surface area contributed by atoms with Gasteiger partial charge in [0, 0.05) is 0 Å². The molecule has 4 heteroatoms. The molecule has 0 nitrogen and oxygen atoms in total. The van der Waals surface area contributed by atoms with E-state index in [9.17, 15) is 0 Å². The predicted octanol–water partition coefficient (Wildman–Crippen LogP) is -4.74. The van der Waals surface area contributed by atoms with E-state index in [2.05, 4.69) is 7.44 Å². The number of rotatable bonds is 0. The van der Waals surface area contributed by atoms with Gasteiger partial charge in [-0.1, -0.05) is 0 Å². The average molecular weight is 238 g/mol. The van der Waals surface area contributed by atoms with Crippen LogP contribution in [0.3, 0.4) is 0 Å². The fraction of sp³-hybridized carbons (Fsp3) is 0. The Kier molecular flexibility index (Phi) is 96.4. The number of hydrogen-bond acceptors (Lipinski definition) is 0. The van der Waals surface area contributed by atoms with E-state index in [1.807, 2.05) is 0 Å². The van der Waals surface area contributed by atoms with Crippen LogP contribution in [-0.2, 0) is 0 Å². The SMILES string of the molecule is B[SiH3].[GeH4].[InH3]. The van der Waals surface area contributed by atoms with Crippen LogP contribution in [0.5, 0.6) is 0 Å². The summed E-state index contributed by atoms with van der Waals surface area (Å²) in [6, 6.07) is 0. The Labute approximate surface area is 60.6 Å². The third-order valence-electron chi connectivity index (χ3n) is 0. The Morgan fingerprint density at radius 2 is 1.25 bits per heavy atom. The van der Waals surface area contributed by atoms with E-state index in [1.54, 1.807) is 0 Å². The second-order valence-electron chi connectivity index (χ2n) is 0. The van der Waals surface area contributed by atoms with Gasteiger partial charge in [-0.2, -0.15) is 0 Å². The molecule has 0 rings (SSSR count). The zero-order valence-corrected chi connectivity index (χ0v) is 4.00. The molecule has 4 heavy (non-hydrogen) atoms. The van der Waals surface area contributed by atoms with Gasteiger partial charge in [-0.25, -0.2) is 0 Å². The van der Waals surface area contributed by atoms with E-state index in [4.69, 9.17) is 0 Å². The monoisotopic (exact) mass is 240 g/mol. The normalized spacial score (nSPS) is 2.00. The molecular formula is H12BGeInSi. The fourth-order valence-corrected chi connectivity index (χ4v) is 0. The third kappa shape index (κ3) is 9.34. The van der Waals surface area contributed by atoms with E-state index in [1.165, 1.54) is 10.1 Å². The van der Waals surface area contributed by atoms with Crippen LogP contribution in [0.15, 0.2) is 0 Å². The molecule has 0 unspecified atom stereocenters. The van der Waals surface area contributed by atoms with Crippen LogP contribution in [0.1, 0.15) is 0 Å². The summed E-state index contributed by atoms with van der Waals surface area (Å²) in [6.07, 6.45) is 0. The van der Waals surface area contributed by atoms with E-state index in [0.29, 0.717) is 0 Å². The van der Waals surface area contributed by atoms with E-state index in [-0.39, 0.29) is 43.4 Å². The van der Waals surface area contributed by atoms with E-state index < -0.39 is 0 Å². The van der Waals surface area contributed by atoms with E-state index in [0.717, 1.165) is 0 Å². The van der Waals surface area contributed by atoms with Crippen molar-refractivity contribution in [3.8, 4) is 0 Å². The zero-order valence-electron chi connectivity index (χ0n) is 2.00. The number of hydrogen-bond donors (Lipinski definition) is 0. The van der Waals surface area contributed by atoms with Gasteiger partial charge in [-0.3, -0.25) is 0 Å². The van der Waals surface area contributed by atoms with Gasteiger partial charge in [-0.15, -0.1) is 0 Å². The standard InChI is InChI=1S/BH5Si.GeH4.In.3H/c1-2;;;;;/h1H2,2H3;1H4;;;;. The molecule has 0 aliphatic heterocycles. The van der Waals surface area contributed by atoms with Crippen LogP contribution in [0, 0.1) is 0 Å². The van der Waals surface area contributed by atoms with Gasteiger partial charge in [0.15, 0.2) is 0 Å². The molecule has 0 fully saturated rings. The molecule has 0 radical (unpaired) electrons. The molecule has 0 aliphatic rings. The van der Waals surface area contributed by atoms with Crippen molar-refractivity contribution in [3.05, 3.63) is 0 Å². The Morgan fingerprint density at radius 3 is 1.25 bits per heavy atom. The van der Waals surface area contributed by atoms with Crippen molar-refractivity contribution < 1.29 is 0 Å². The van der Waals surface area contributed by atoms with Gasteiger partial charge in [0.05, 0.1) is 7.44 Å². The van der Waals surface area contributed by atoms with Crippen LogP contribution in [0.4, 0.5) is 0 Å². The van der Waals surface area contributed by atoms with Gasteiger partial charge >= 0.3 is 43.4 Å². The summed E-state index contributed by atoms with van der Waals surface area (Å²) < 4.78 is 0. The molecular weight excluding hydrogens is 226 g/mol. The second-order valence-corrected chi connectivity index (χ2v) is 0. The molecule has 0 saturated carbocycles. The first-order valence-corrected chi connectivity index (χ1v) is 3.00. The first-order chi connectivity index (χ1) is 1.00. The molecule has 0 aromatic rings. The summed E-state index contributed by atoms with van der Waals surface area (Å²) in [4.78, 5) is 0. The van der Waals surface area contributed by atoms with Gasteiger partial charge in [0.2, 0.25) is 0 Å². The summed E-state index contributed by atoms with van der Waals surface area (Å²) in [5, 5.41) is 0. The first kappa shape index (κ1) is 17.3. The third-order valence-corrected chi connectivity index (χ3v) is 0. The molecule has 0 saturated heterocycles. The quantitative estimate of drug-likeness (QED) is 0.372. The van der Waals surface area contributed by atoms with Crippen molar-refractivity contribution in [2.45, 2.75) is 0 Å². The van der Waals surface area contributed by atoms with Crippen molar-refractivity contribution in [1.82, 2.24) is 0 Å². The molecule has 0 aliphatic carbocycles. The van der Waals surface area contributed by atoms with Gasteiger partial charge in [-0.05, 0) is 10.1 Å². The predicted molar refractivity (Wildman–Crippen MR) is 39.8 cm³/mol. The van der Waals surface area contributed by atoms with Gasteiger partial charge < -0.3 is 0 Å². The van der Waals surface area contributed by atoms with Gasteiger partial charge in [0.1, 0.15) is 0 Å². The zero-order chi connectivity index (χ0) is 2.00. The molecule has 0 N–H and O–H groups in total. The summed E-state index contributed by atoms with van der Waals surface area (Å²) in [6.45, 7) is 0. The first-order valence-electron chi connectivity index (χ1n) is 1.00. The Balaban J connectivity index is -0.00000000500. The molecule has 0 spiro atoms. The van der Waals surface area contributed by atoms with Crippen LogP contribution in [0.25, 0.3) is 0 Å². The van der Waals surface area contributed by atoms with Crippen LogP contribution >= 0.6 is 0 Å². The van der Waals surface area contributed by atoms with Crippen LogP contribution in [-0.4, -0.2) is 61.0 Å². The van der Waals surface area contributed by atoms with Crippen molar-refractivity contribution >= 4 is 61.0 Å². The maximum absolute atomic E-state index is 2.14. The average Bonchev–Trinajstić information content (AvgIpc) is 1.00. The Morgan fingerprint density at radius 1 is 1.25 bits per heavy atom. The molecule has 0 aromatic carbocycles. The second kappa shape index (κ2) is 22.3. The van der Waals surface area contributed by atoms with Gasteiger partial charge in [0.25, 0.3) is 0 Å². The fourth-order valence-electron chi connectivity index (χ4n) is 0. The topological polar surface area (TPSA) is 0 Å². The van der Waals surface area contributed by atoms with Crippen molar-refractivity contribution in [2.24, 2.45) is 0 Å². The molecule has 0 amide bonds. The summed E-state index contributed by atoms with van der Waals surface area (Å²) in [7, 11) is 3.44. The summed E-state index contributed by atoms with van der Waals surface area (Å²) >= 11 is 0. The molecule has 0 bridgehead atoms. The molecule has 0 atom stereocenters. The van der Waals surface area contributed by atoms with Crippen molar-refractivity contribution in [2.75, 3.05) is 0 Å². The minimum atomic E-state index is 0. The van der Waals surface area contributed by atoms with E-state index >= 15 is 0 Å². The van der Waals surface area contributed by atoms with Crippen molar-refractivity contribution in [3.63, 3.8) is 0 Å². The molecule has 0 aromatic heterocycles. The molecule has 26 valence electrons.